The largest absolute Gasteiger partial charge is 0.435 e. The Bertz CT molecular complexity index is 837. The summed E-state index contributed by atoms with van der Waals surface area (Å²) in [5, 5.41) is 5.15. The van der Waals surface area contributed by atoms with E-state index in [9.17, 15) is 31.1 Å². The van der Waals surface area contributed by atoms with Gasteiger partial charge < -0.3 is 5.32 Å². The van der Waals surface area contributed by atoms with Crippen LogP contribution in [0.5, 0.6) is 0 Å². The first kappa shape index (κ1) is 19.8. The van der Waals surface area contributed by atoms with Crippen LogP contribution in [0.25, 0.3) is 6.08 Å². The number of hydrogen-bond acceptors (Lipinski definition) is 2. The summed E-state index contributed by atoms with van der Waals surface area (Å²) in [5.41, 5.74) is -2.61. The molecule has 1 amide bonds. The Hall–Kier alpha value is -2.49. The van der Waals surface area contributed by atoms with E-state index in [0.717, 1.165) is 41.1 Å². The third kappa shape index (κ3) is 4.57. The highest BCUT2D eigenvalue weighted by molar-refractivity contribution is 6.31. The molecule has 1 heterocycles. The Morgan fingerprint density at radius 3 is 2.19 bits per heavy atom. The number of rotatable bonds is 3. The number of halogens is 7. The van der Waals surface area contributed by atoms with Crippen LogP contribution in [0, 0.1) is 0 Å². The van der Waals surface area contributed by atoms with Gasteiger partial charge >= 0.3 is 12.4 Å². The second-order valence-electron chi connectivity index (χ2n) is 5.07. The molecule has 2 aromatic rings. The van der Waals surface area contributed by atoms with Crippen LogP contribution in [0.1, 0.15) is 16.8 Å². The zero-order chi connectivity index (χ0) is 19.7. The van der Waals surface area contributed by atoms with Crippen LogP contribution >= 0.6 is 11.6 Å². The van der Waals surface area contributed by atoms with E-state index in [1.165, 1.54) is 7.05 Å². The zero-order valence-electron chi connectivity index (χ0n) is 12.9. The zero-order valence-corrected chi connectivity index (χ0v) is 13.7. The quantitative estimate of drug-likeness (QED) is 0.599. The molecule has 1 N–H and O–H groups in total. The van der Waals surface area contributed by atoms with Crippen molar-refractivity contribution < 1.29 is 31.1 Å². The van der Waals surface area contributed by atoms with Crippen LogP contribution in [-0.2, 0) is 24.2 Å². The number of benzene rings is 1. The number of nitrogens with zero attached hydrogens (tertiary/aromatic N) is 2. The first-order valence-electron chi connectivity index (χ1n) is 6.85. The minimum absolute atomic E-state index is 0.0426. The predicted molar refractivity (Wildman–Crippen MR) is 82.3 cm³/mol. The Morgan fingerprint density at radius 2 is 1.69 bits per heavy atom. The number of anilines is 1. The summed E-state index contributed by atoms with van der Waals surface area (Å²) in [6.07, 6.45) is -7.69. The van der Waals surface area contributed by atoms with Crippen molar-refractivity contribution in [2.24, 2.45) is 7.05 Å². The summed E-state index contributed by atoms with van der Waals surface area (Å²) in [5.74, 6) is -0.849. The van der Waals surface area contributed by atoms with Gasteiger partial charge in [0.1, 0.15) is 5.15 Å². The molecule has 0 saturated carbocycles. The number of alkyl halides is 6. The van der Waals surface area contributed by atoms with E-state index in [1.54, 1.807) is 0 Å². The molecular weight excluding hydrogens is 388 g/mol. The molecule has 0 bridgehead atoms. The molecule has 0 aliphatic carbocycles. The minimum atomic E-state index is -4.77. The lowest BCUT2D eigenvalue weighted by atomic mass is 10.2. The predicted octanol–water partition coefficient (Wildman–Crippen LogP) is 4.76. The number of aryl methyl sites for hydroxylation is 1. The standard InChI is InChI=1S/C15H10ClF6N3O/c1-25-13(16)10(12(24-25)15(20,21)22)6-7-11(26)23-9-4-2-8(3-5-9)14(17,18)19/h2-7H,1H3,(H,23,26)/b7-6+. The van der Waals surface area contributed by atoms with Gasteiger partial charge in [-0.05, 0) is 30.3 Å². The molecule has 0 fully saturated rings. The molecule has 0 radical (unpaired) electrons. The number of carbonyl (C=O) groups is 1. The molecule has 0 unspecified atom stereocenters. The van der Waals surface area contributed by atoms with Crippen molar-refractivity contribution in [3.05, 3.63) is 52.3 Å². The average Bonchev–Trinajstić information content (AvgIpc) is 2.80. The third-order valence-electron chi connectivity index (χ3n) is 3.16. The van der Waals surface area contributed by atoms with Crippen molar-refractivity contribution in [2.45, 2.75) is 12.4 Å². The molecule has 1 aromatic heterocycles. The molecule has 0 aliphatic heterocycles. The Morgan fingerprint density at radius 1 is 1.12 bits per heavy atom. The number of carbonyl (C=O) groups excluding carboxylic acids is 1. The van der Waals surface area contributed by atoms with E-state index in [0.29, 0.717) is 0 Å². The van der Waals surface area contributed by atoms with Crippen molar-refractivity contribution in [2.75, 3.05) is 5.32 Å². The lowest BCUT2D eigenvalue weighted by Crippen LogP contribution is -2.10. The van der Waals surface area contributed by atoms with Gasteiger partial charge in [-0.2, -0.15) is 31.4 Å². The maximum atomic E-state index is 12.9. The molecule has 11 heteroatoms. The summed E-state index contributed by atoms with van der Waals surface area (Å²) in [7, 11) is 1.21. The van der Waals surface area contributed by atoms with Gasteiger partial charge in [0.25, 0.3) is 0 Å². The van der Waals surface area contributed by atoms with Crippen LogP contribution < -0.4 is 5.32 Å². The highest BCUT2D eigenvalue weighted by Gasteiger charge is 2.38. The first-order chi connectivity index (χ1) is 11.9. The van der Waals surface area contributed by atoms with Crippen molar-refractivity contribution in [3.63, 3.8) is 0 Å². The van der Waals surface area contributed by atoms with Gasteiger partial charge in [-0.25, -0.2) is 0 Å². The maximum absolute atomic E-state index is 12.9. The molecule has 0 saturated heterocycles. The van der Waals surface area contributed by atoms with Crippen LogP contribution in [0.2, 0.25) is 5.15 Å². The average molecular weight is 398 g/mol. The summed E-state index contributed by atoms with van der Waals surface area (Å²) in [6.45, 7) is 0. The second-order valence-corrected chi connectivity index (χ2v) is 5.43. The van der Waals surface area contributed by atoms with E-state index in [2.05, 4.69) is 10.4 Å². The highest BCUT2D eigenvalue weighted by Crippen LogP contribution is 2.35. The van der Waals surface area contributed by atoms with E-state index < -0.39 is 35.1 Å². The molecule has 0 spiro atoms. The minimum Gasteiger partial charge on any atom is -0.323 e. The van der Waals surface area contributed by atoms with Crippen LogP contribution in [0.4, 0.5) is 32.0 Å². The van der Waals surface area contributed by atoms with Crippen LogP contribution in [-0.4, -0.2) is 15.7 Å². The maximum Gasteiger partial charge on any atom is 0.435 e. The van der Waals surface area contributed by atoms with Gasteiger partial charge in [-0.3, -0.25) is 9.48 Å². The van der Waals surface area contributed by atoms with Crippen molar-refractivity contribution >= 4 is 29.3 Å². The fourth-order valence-electron chi connectivity index (χ4n) is 1.96. The number of hydrogen-bond donors (Lipinski definition) is 1. The third-order valence-corrected chi connectivity index (χ3v) is 3.61. The van der Waals surface area contributed by atoms with E-state index >= 15 is 0 Å². The molecule has 1 aromatic carbocycles. The number of aromatic nitrogens is 2. The fraction of sp³-hybridized carbons (Fsp3) is 0.200. The van der Waals surface area contributed by atoms with Crippen molar-refractivity contribution in [1.29, 1.82) is 0 Å². The lowest BCUT2D eigenvalue weighted by Gasteiger charge is -2.07. The summed E-state index contributed by atoms with van der Waals surface area (Å²) in [4.78, 5) is 11.8. The molecular formula is C15H10ClF6N3O. The van der Waals surface area contributed by atoms with Gasteiger partial charge in [0.05, 0.1) is 5.56 Å². The van der Waals surface area contributed by atoms with E-state index in [-0.39, 0.29) is 10.8 Å². The topological polar surface area (TPSA) is 46.9 Å². The van der Waals surface area contributed by atoms with Gasteiger partial charge in [-0.1, -0.05) is 11.6 Å². The molecule has 26 heavy (non-hydrogen) atoms. The Balaban J connectivity index is 2.16. The summed E-state index contributed by atoms with van der Waals surface area (Å²) < 4.78 is 76.8. The summed E-state index contributed by atoms with van der Waals surface area (Å²) >= 11 is 5.73. The molecule has 0 atom stereocenters. The first-order valence-corrected chi connectivity index (χ1v) is 7.23. The van der Waals surface area contributed by atoms with Crippen LogP contribution in [0.15, 0.2) is 30.3 Å². The summed E-state index contributed by atoms with van der Waals surface area (Å²) in [6, 6.07) is 3.57. The smallest absolute Gasteiger partial charge is 0.323 e. The Labute approximate surface area is 148 Å². The van der Waals surface area contributed by atoms with Gasteiger partial charge in [-0.15, -0.1) is 0 Å². The number of amides is 1. The molecule has 140 valence electrons. The monoisotopic (exact) mass is 397 g/mol. The molecule has 4 nitrogen and oxygen atoms in total. The van der Waals surface area contributed by atoms with Crippen molar-refractivity contribution in [3.8, 4) is 0 Å². The SMILES string of the molecule is Cn1nc(C(F)(F)F)c(/C=C/C(=O)Nc2ccc(C(F)(F)F)cc2)c1Cl. The highest BCUT2D eigenvalue weighted by atomic mass is 35.5. The van der Waals surface area contributed by atoms with Gasteiger partial charge in [0, 0.05) is 24.4 Å². The van der Waals surface area contributed by atoms with E-state index in [1.807, 2.05) is 0 Å². The second kappa shape index (κ2) is 7.02. The van der Waals surface area contributed by atoms with Gasteiger partial charge in [0.15, 0.2) is 5.69 Å². The van der Waals surface area contributed by atoms with E-state index in [4.69, 9.17) is 11.6 Å². The Kier molecular flexibility index (Phi) is 5.36. The lowest BCUT2D eigenvalue weighted by molar-refractivity contribution is -0.141. The fourth-order valence-corrected chi connectivity index (χ4v) is 2.15. The number of nitrogens with one attached hydrogen (secondary N) is 1. The molecule has 0 aliphatic rings. The normalized spacial score (nSPS) is 12.6. The van der Waals surface area contributed by atoms with Crippen LogP contribution in [0.3, 0.4) is 0 Å². The van der Waals surface area contributed by atoms with Gasteiger partial charge in [0.2, 0.25) is 5.91 Å². The van der Waals surface area contributed by atoms with Crippen molar-refractivity contribution in [1.82, 2.24) is 9.78 Å². The molecule has 2 rings (SSSR count).